The van der Waals surface area contributed by atoms with Gasteiger partial charge in [-0.3, -0.25) is 0 Å². The van der Waals surface area contributed by atoms with Crippen molar-refractivity contribution in [1.82, 2.24) is 10.5 Å². The Balaban J connectivity index is 2.29. The highest BCUT2D eigenvalue weighted by Crippen LogP contribution is 2.17. The molecular weight excluding hydrogens is 196 g/mol. The third kappa shape index (κ3) is 3.89. The van der Waals surface area contributed by atoms with E-state index in [1.54, 1.807) is 13.2 Å². The van der Waals surface area contributed by atoms with Crippen molar-refractivity contribution in [3.8, 4) is 5.88 Å². The van der Waals surface area contributed by atoms with Crippen molar-refractivity contribution in [3.63, 3.8) is 0 Å². The third-order valence-electron chi connectivity index (χ3n) is 2.04. The summed E-state index contributed by atoms with van der Waals surface area (Å²) in [4.78, 5) is 0. The van der Waals surface area contributed by atoms with Crippen molar-refractivity contribution in [2.75, 3.05) is 26.9 Å². The van der Waals surface area contributed by atoms with Crippen LogP contribution in [0.2, 0.25) is 0 Å². The second-order valence-electron chi connectivity index (χ2n) is 3.14. The predicted molar refractivity (Wildman–Crippen MR) is 56.0 cm³/mol. The molecule has 86 valence electrons. The molecule has 0 saturated heterocycles. The SMILES string of the molecule is CCOCCNC(C)c1cc(OC)no1. The topological polar surface area (TPSA) is 56.5 Å². The molecule has 1 aromatic rings. The van der Waals surface area contributed by atoms with Crippen LogP contribution in [0, 0.1) is 0 Å². The number of nitrogens with zero attached hydrogens (tertiary/aromatic N) is 1. The van der Waals surface area contributed by atoms with Crippen molar-refractivity contribution < 1.29 is 14.0 Å². The molecule has 0 aliphatic carbocycles. The molecule has 0 bridgehead atoms. The molecule has 15 heavy (non-hydrogen) atoms. The van der Waals surface area contributed by atoms with Gasteiger partial charge in [0.25, 0.3) is 5.88 Å². The summed E-state index contributed by atoms with van der Waals surface area (Å²) in [6.07, 6.45) is 0. The maximum absolute atomic E-state index is 5.21. The summed E-state index contributed by atoms with van der Waals surface area (Å²) >= 11 is 0. The summed E-state index contributed by atoms with van der Waals surface area (Å²) in [5.41, 5.74) is 0. The fraction of sp³-hybridized carbons (Fsp3) is 0.700. The summed E-state index contributed by atoms with van der Waals surface area (Å²) in [5.74, 6) is 1.27. The van der Waals surface area contributed by atoms with Crippen LogP contribution in [0.15, 0.2) is 10.6 Å². The number of ether oxygens (including phenoxy) is 2. The standard InChI is InChI=1S/C10H18N2O3/c1-4-14-6-5-11-8(2)9-7-10(13-3)12-15-9/h7-8,11H,4-6H2,1-3H3. The molecule has 0 fully saturated rings. The van der Waals surface area contributed by atoms with Gasteiger partial charge in [-0.2, -0.15) is 0 Å². The molecule has 0 aromatic carbocycles. The van der Waals surface area contributed by atoms with Crippen molar-refractivity contribution >= 4 is 0 Å². The molecule has 0 radical (unpaired) electrons. The molecule has 1 aromatic heterocycles. The van der Waals surface area contributed by atoms with Crippen LogP contribution in [0.4, 0.5) is 0 Å². The van der Waals surface area contributed by atoms with Crippen LogP contribution in [-0.4, -0.2) is 32.0 Å². The van der Waals surface area contributed by atoms with E-state index in [2.05, 4.69) is 10.5 Å². The zero-order chi connectivity index (χ0) is 11.1. The number of hydrogen-bond acceptors (Lipinski definition) is 5. The molecule has 1 heterocycles. The largest absolute Gasteiger partial charge is 0.479 e. The zero-order valence-electron chi connectivity index (χ0n) is 9.45. The van der Waals surface area contributed by atoms with Crippen molar-refractivity contribution in [1.29, 1.82) is 0 Å². The molecule has 1 unspecified atom stereocenters. The van der Waals surface area contributed by atoms with Gasteiger partial charge in [0, 0.05) is 19.2 Å². The molecular formula is C10H18N2O3. The summed E-state index contributed by atoms with van der Waals surface area (Å²) in [5, 5.41) is 6.99. The van der Waals surface area contributed by atoms with E-state index in [1.165, 1.54) is 0 Å². The summed E-state index contributed by atoms with van der Waals surface area (Å²) in [6, 6.07) is 1.89. The number of nitrogens with one attached hydrogen (secondary N) is 1. The van der Waals surface area contributed by atoms with E-state index in [1.807, 2.05) is 13.8 Å². The molecule has 5 heteroatoms. The van der Waals surface area contributed by atoms with Crippen LogP contribution in [0.25, 0.3) is 0 Å². The average molecular weight is 214 g/mol. The van der Waals surface area contributed by atoms with Gasteiger partial charge in [-0.1, -0.05) is 0 Å². The molecule has 0 aliphatic rings. The van der Waals surface area contributed by atoms with Crippen LogP contribution in [0.1, 0.15) is 25.6 Å². The van der Waals surface area contributed by atoms with E-state index in [4.69, 9.17) is 14.0 Å². The maximum Gasteiger partial charge on any atom is 0.254 e. The van der Waals surface area contributed by atoms with E-state index in [9.17, 15) is 0 Å². The van der Waals surface area contributed by atoms with Gasteiger partial charge in [-0.05, 0) is 19.0 Å². The Morgan fingerprint density at radius 1 is 1.60 bits per heavy atom. The highest BCUT2D eigenvalue weighted by Gasteiger charge is 2.11. The second kappa shape index (κ2) is 6.42. The molecule has 1 atom stereocenters. The number of methoxy groups -OCH3 is 1. The second-order valence-corrected chi connectivity index (χ2v) is 3.14. The molecule has 0 saturated carbocycles. The minimum Gasteiger partial charge on any atom is -0.479 e. The summed E-state index contributed by atoms with van der Waals surface area (Å²) in [7, 11) is 1.56. The van der Waals surface area contributed by atoms with E-state index in [0.717, 1.165) is 18.9 Å². The van der Waals surface area contributed by atoms with Gasteiger partial charge in [-0.15, -0.1) is 0 Å². The first kappa shape index (κ1) is 12.0. The minimum absolute atomic E-state index is 0.113. The molecule has 0 amide bonds. The monoisotopic (exact) mass is 214 g/mol. The normalized spacial score (nSPS) is 12.7. The fourth-order valence-corrected chi connectivity index (χ4v) is 1.16. The Morgan fingerprint density at radius 2 is 2.40 bits per heavy atom. The Kier molecular flexibility index (Phi) is 5.14. The van der Waals surface area contributed by atoms with Crippen LogP contribution >= 0.6 is 0 Å². The minimum atomic E-state index is 0.113. The Labute approximate surface area is 89.7 Å². The quantitative estimate of drug-likeness (QED) is 0.695. The highest BCUT2D eigenvalue weighted by molar-refractivity contribution is 5.13. The lowest BCUT2D eigenvalue weighted by Gasteiger charge is -2.09. The average Bonchev–Trinajstić information content (AvgIpc) is 2.72. The molecule has 5 nitrogen and oxygen atoms in total. The van der Waals surface area contributed by atoms with Crippen molar-refractivity contribution in [2.24, 2.45) is 0 Å². The number of aromatic nitrogens is 1. The van der Waals surface area contributed by atoms with Crippen molar-refractivity contribution in [3.05, 3.63) is 11.8 Å². The fourth-order valence-electron chi connectivity index (χ4n) is 1.16. The lowest BCUT2D eigenvalue weighted by atomic mass is 10.2. The van der Waals surface area contributed by atoms with Gasteiger partial charge < -0.3 is 19.3 Å². The molecule has 1 rings (SSSR count). The van der Waals surface area contributed by atoms with Gasteiger partial charge in [0.2, 0.25) is 0 Å². The lowest BCUT2D eigenvalue weighted by molar-refractivity contribution is 0.146. The Bertz CT molecular complexity index is 275. The Morgan fingerprint density at radius 3 is 3.00 bits per heavy atom. The highest BCUT2D eigenvalue weighted by atomic mass is 16.5. The first-order valence-corrected chi connectivity index (χ1v) is 5.09. The predicted octanol–water partition coefficient (Wildman–Crippen LogP) is 1.37. The smallest absolute Gasteiger partial charge is 0.254 e. The van der Waals surface area contributed by atoms with E-state index in [-0.39, 0.29) is 6.04 Å². The number of rotatable bonds is 7. The Hall–Kier alpha value is -1.07. The number of hydrogen-bond donors (Lipinski definition) is 1. The van der Waals surface area contributed by atoms with E-state index >= 15 is 0 Å². The first-order chi connectivity index (χ1) is 7.27. The van der Waals surface area contributed by atoms with Crippen LogP contribution < -0.4 is 10.1 Å². The van der Waals surface area contributed by atoms with Crippen LogP contribution in [-0.2, 0) is 4.74 Å². The molecule has 0 spiro atoms. The van der Waals surface area contributed by atoms with Gasteiger partial charge in [0.05, 0.1) is 19.8 Å². The zero-order valence-corrected chi connectivity index (χ0v) is 9.45. The molecule has 0 aliphatic heterocycles. The van der Waals surface area contributed by atoms with Gasteiger partial charge in [-0.25, -0.2) is 0 Å². The van der Waals surface area contributed by atoms with E-state index < -0.39 is 0 Å². The van der Waals surface area contributed by atoms with Crippen molar-refractivity contribution in [2.45, 2.75) is 19.9 Å². The maximum atomic E-state index is 5.21. The van der Waals surface area contributed by atoms with Gasteiger partial charge in [0.15, 0.2) is 5.76 Å². The first-order valence-electron chi connectivity index (χ1n) is 5.09. The third-order valence-corrected chi connectivity index (χ3v) is 2.04. The molecule has 1 N–H and O–H groups in total. The summed E-state index contributed by atoms with van der Waals surface area (Å²) < 4.78 is 15.2. The van der Waals surface area contributed by atoms with Gasteiger partial charge >= 0.3 is 0 Å². The van der Waals surface area contributed by atoms with E-state index in [0.29, 0.717) is 12.5 Å². The van der Waals surface area contributed by atoms with Crippen LogP contribution in [0.5, 0.6) is 5.88 Å². The van der Waals surface area contributed by atoms with Crippen LogP contribution in [0.3, 0.4) is 0 Å². The summed E-state index contributed by atoms with van der Waals surface area (Å²) in [6.45, 7) is 6.22. The van der Waals surface area contributed by atoms with Gasteiger partial charge in [0.1, 0.15) is 0 Å². The lowest BCUT2D eigenvalue weighted by Crippen LogP contribution is -2.22.